The van der Waals surface area contributed by atoms with Crippen molar-refractivity contribution in [1.29, 1.82) is 0 Å². The molecule has 14 nitrogen and oxygen atoms in total. The molecule has 0 spiro atoms. The minimum Gasteiger partial charge on any atom is -0.453 e. The van der Waals surface area contributed by atoms with Crippen molar-refractivity contribution in [2.75, 3.05) is 27.3 Å². The van der Waals surface area contributed by atoms with E-state index in [1.54, 1.807) is 0 Å². The van der Waals surface area contributed by atoms with Gasteiger partial charge in [0.15, 0.2) is 0 Å². The Labute approximate surface area is 333 Å². The quantitative estimate of drug-likeness (QED) is 0.146. The molecule has 14 heteroatoms. The third-order valence-corrected chi connectivity index (χ3v) is 11.7. The zero-order valence-corrected chi connectivity index (χ0v) is 33.7. The number of hydrogen-bond acceptors (Lipinski definition) is 8. The number of rotatable bonds is 10. The number of nitrogens with zero attached hydrogens (tertiary/aromatic N) is 4. The number of H-pyrrole nitrogens is 2. The molecule has 4 atom stereocenters. The minimum absolute atomic E-state index is 0.0964. The molecular weight excluding hydrogens is 725 g/mol. The van der Waals surface area contributed by atoms with Crippen LogP contribution in [0.4, 0.5) is 9.59 Å². The van der Waals surface area contributed by atoms with Crippen molar-refractivity contribution >= 4 is 24.0 Å². The number of fused-ring (bicyclic) bond motifs is 2. The first-order chi connectivity index (χ1) is 27.4. The maximum atomic E-state index is 13.7. The van der Waals surface area contributed by atoms with E-state index in [2.05, 4.69) is 63.1 Å². The van der Waals surface area contributed by atoms with E-state index in [0.29, 0.717) is 13.1 Å². The van der Waals surface area contributed by atoms with Crippen LogP contribution in [0.2, 0.25) is 0 Å². The van der Waals surface area contributed by atoms with Crippen LogP contribution in [0.5, 0.6) is 0 Å². The molecular formula is C43H54N8O6. The maximum absolute atomic E-state index is 13.7. The average Bonchev–Trinajstić information content (AvgIpc) is 4.04. The normalized spacial score (nSPS) is 18.8. The highest BCUT2D eigenvalue weighted by atomic mass is 16.5. The molecule has 0 bridgehead atoms. The van der Waals surface area contributed by atoms with E-state index in [-0.39, 0.29) is 35.7 Å². The summed E-state index contributed by atoms with van der Waals surface area (Å²) in [6.45, 7) is 8.86. The Hall–Kier alpha value is -5.66. The standard InChI is InChI=1S/C43H54N8O6/c1-24(2)36(48-42(54)56-5)40(52)50-19-7-9-34(50)38-44-23-33(47-38)28-14-11-26(12-15-28)29-16-13-27-17-18-31-32(22-30(27)21-29)46-39(45-31)35-10-8-20-51(35)41(53)37(25(3)4)49-43(55)57-6/h11-16,21,23-25,34-37H,7-10,17-20,22H2,1-6H3,(H,44,47)(H,45,46)(H,48,54)(H,49,55)/t34-,35+,36-,37-/m0/s1. The molecule has 0 radical (unpaired) electrons. The van der Waals surface area contributed by atoms with Gasteiger partial charge in [-0.1, -0.05) is 70.2 Å². The van der Waals surface area contributed by atoms with E-state index in [1.165, 1.54) is 25.3 Å². The molecule has 2 fully saturated rings. The predicted octanol–water partition coefficient (Wildman–Crippen LogP) is 6.24. The molecule has 3 aliphatic rings. The number of ether oxygens (including phenoxy) is 2. The van der Waals surface area contributed by atoms with Gasteiger partial charge >= 0.3 is 12.2 Å². The second kappa shape index (κ2) is 16.8. The summed E-state index contributed by atoms with van der Waals surface area (Å²) in [6, 6.07) is 13.4. The first kappa shape index (κ1) is 39.6. The molecule has 4 heterocycles. The fraction of sp³-hybridized carbons (Fsp3) is 0.488. The summed E-state index contributed by atoms with van der Waals surface area (Å²) in [5, 5.41) is 5.43. The Morgan fingerprint density at radius 2 is 1.28 bits per heavy atom. The topological polar surface area (TPSA) is 175 Å². The number of carbonyl (C=O) groups is 4. The van der Waals surface area contributed by atoms with Gasteiger partial charge in [-0.2, -0.15) is 0 Å². The van der Waals surface area contributed by atoms with Gasteiger partial charge in [0.05, 0.1) is 43.9 Å². The lowest BCUT2D eigenvalue weighted by molar-refractivity contribution is -0.136. The van der Waals surface area contributed by atoms with Crippen LogP contribution in [-0.2, 0) is 38.3 Å². The molecule has 2 aliphatic heterocycles. The van der Waals surface area contributed by atoms with E-state index in [1.807, 2.05) is 43.7 Å². The lowest BCUT2D eigenvalue weighted by atomic mass is 9.95. The van der Waals surface area contributed by atoms with Gasteiger partial charge in [0.1, 0.15) is 23.7 Å². The highest BCUT2D eigenvalue weighted by molar-refractivity contribution is 5.87. The first-order valence-electron chi connectivity index (χ1n) is 20.1. The summed E-state index contributed by atoms with van der Waals surface area (Å²) in [5.41, 5.74) is 8.77. The van der Waals surface area contributed by atoms with Crippen molar-refractivity contribution in [1.82, 2.24) is 40.4 Å². The molecule has 2 saturated heterocycles. The summed E-state index contributed by atoms with van der Waals surface area (Å²) in [4.78, 5) is 71.8. The lowest BCUT2D eigenvalue weighted by Crippen LogP contribution is -2.51. The largest absolute Gasteiger partial charge is 0.453 e. The van der Waals surface area contributed by atoms with Gasteiger partial charge in [-0.25, -0.2) is 19.6 Å². The second-order valence-electron chi connectivity index (χ2n) is 16.1. The highest BCUT2D eigenvalue weighted by Gasteiger charge is 2.39. The number of likely N-dealkylation sites (tertiary alicyclic amines) is 2. The monoisotopic (exact) mass is 778 g/mol. The number of aromatic nitrogens is 4. The number of aromatic amines is 2. The molecule has 57 heavy (non-hydrogen) atoms. The van der Waals surface area contributed by atoms with Gasteiger partial charge in [-0.3, -0.25) is 9.59 Å². The van der Waals surface area contributed by atoms with Crippen LogP contribution in [-0.4, -0.2) is 93.1 Å². The van der Waals surface area contributed by atoms with Crippen molar-refractivity contribution in [3.63, 3.8) is 0 Å². The summed E-state index contributed by atoms with van der Waals surface area (Å²) in [7, 11) is 2.60. The van der Waals surface area contributed by atoms with Crippen molar-refractivity contribution < 1.29 is 28.7 Å². The summed E-state index contributed by atoms with van der Waals surface area (Å²) >= 11 is 0. The van der Waals surface area contributed by atoms with Gasteiger partial charge in [-0.15, -0.1) is 0 Å². The Bertz CT molecular complexity index is 2110. The van der Waals surface area contributed by atoms with Crippen molar-refractivity contribution in [2.45, 2.75) is 96.8 Å². The van der Waals surface area contributed by atoms with E-state index in [0.717, 1.165) is 90.4 Å². The zero-order valence-electron chi connectivity index (χ0n) is 33.7. The molecule has 4 N–H and O–H groups in total. The molecule has 0 unspecified atom stereocenters. The second-order valence-corrected chi connectivity index (χ2v) is 16.1. The SMILES string of the molecule is COC(=O)N[C@H](C(=O)N1CCC[C@@H]1c1nc2c([nH]1)Cc1cc(-c3ccc(-c4cnc([C@@H]5CCCN5C(=O)[C@@H](NC(=O)OC)C(C)C)[nH]4)cc3)ccc1CC2)C(C)C. The number of alkyl carbamates (subject to hydrolysis) is 2. The van der Waals surface area contributed by atoms with Crippen LogP contribution in [0, 0.1) is 11.8 Å². The van der Waals surface area contributed by atoms with Crippen LogP contribution in [0.15, 0.2) is 48.7 Å². The first-order valence-corrected chi connectivity index (χ1v) is 20.1. The van der Waals surface area contributed by atoms with E-state index < -0.39 is 24.3 Å². The molecule has 2 aromatic heterocycles. The number of hydrogen-bond donors (Lipinski definition) is 4. The molecule has 302 valence electrons. The van der Waals surface area contributed by atoms with Crippen molar-refractivity contribution in [2.24, 2.45) is 11.8 Å². The smallest absolute Gasteiger partial charge is 0.407 e. The Balaban J connectivity index is 1.04. The third kappa shape index (κ3) is 8.26. The number of carbonyl (C=O) groups excluding carboxylic acids is 4. The van der Waals surface area contributed by atoms with Crippen molar-refractivity contribution in [3.05, 3.63) is 82.8 Å². The summed E-state index contributed by atoms with van der Waals surface area (Å²) in [6.07, 6.45) is 6.31. The van der Waals surface area contributed by atoms with Gasteiger partial charge in [0.2, 0.25) is 11.8 Å². The average molecular weight is 779 g/mol. The van der Waals surface area contributed by atoms with Gasteiger partial charge in [-0.05, 0) is 78.2 Å². The third-order valence-electron chi connectivity index (χ3n) is 11.7. The van der Waals surface area contributed by atoms with Gasteiger partial charge in [0, 0.05) is 25.2 Å². The van der Waals surface area contributed by atoms with Crippen molar-refractivity contribution in [3.8, 4) is 22.4 Å². The summed E-state index contributed by atoms with van der Waals surface area (Å²) in [5.74, 6) is 1.09. The fourth-order valence-electron chi connectivity index (χ4n) is 8.52. The van der Waals surface area contributed by atoms with Crippen LogP contribution in [0.25, 0.3) is 22.4 Å². The number of methoxy groups -OCH3 is 2. The molecule has 4 amide bonds. The molecule has 1 aliphatic carbocycles. The highest BCUT2D eigenvalue weighted by Crippen LogP contribution is 2.36. The predicted molar refractivity (Wildman–Crippen MR) is 214 cm³/mol. The van der Waals surface area contributed by atoms with Crippen LogP contribution < -0.4 is 10.6 Å². The Morgan fingerprint density at radius 3 is 1.86 bits per heavy atom. The number of imidazole rings is 2. The molecule has 4 aromatic rings. The number of benzene rings is 2. The van der Waals surface area contributed by atoms with Crippen LogP contribution in [0.1, 0.15) is 99.6 Å². The van der Waals surface area contributed by atoms with Crippen LogP contribution >= 0.6 is 0 Å². The molecule has 7 rings (SSSR count). The number of nitrogens with one attached hydrogen (secondary N) is 4. The van der Waals surface area contributed by atoms with E-state index in [4.69, 9.17) is 19.4 Å². The van der Waals surface area contributed by atoms with E-state index >= 15 is 0 Å². The minimum atomic E-state index is -0.686. The van der Waals surface area contributed by atoms with Gasteiger partial charge in [0.25, 0.3) is 0 Å². The number of amides is 4. The van der Waals surface area contributed by atoms with Gasteiger partial charge < -0.3 is 39.9 Å². The molecule has 0 saturated carbocycles. The number of aryl methyl sites for hydroxylation is 2. The lowest BCUT2D eigenvalue weighted by Gasteiger charge is -2.30. The van der Waals surface area contributed by atoms with E-state index in [9.17, 15) is 19.2 Å². The summed E-state index contributed by atoms with van der Waals surface area (Å²) < 4.78 is 9.56. The zero-order chi connectivity index (χ0) is 40.4. The fourth-order valence-corrected chi connectivity index (χ4v) is 8.52. The van der Waals surface area contributed by atoms with Crippen LogP contribution in [0.3, 0.4) is 0 Å². The molecule has 2 aromatic carbocycles. The Morgan fingerprint density at radius 1 is 0.719 bits per heavy atom. The maximum Gasteiger partial charge on any atom is 0.407 e. The Kier molecular flexibility index (Phi) is 11.7.